The zero-order valence-electron chi connectivity index (χ0n) is 11.5. The van der Waals surface area contributed by atoms with Gasteiger partial charge in [-0.1, -0.05) is 13.3 Å². The molecule has 2 heterocycles. The van der Waals surface area contributed by atoms with Crippen LogP contribution in [0.5, 0.6) is 0 Å². The second-order valence-corrected chi connectivity index (χ2v) is 7.46. The molecule has 1 aliphatic rings. The topological polar surface area (TPSA) is 32.3 Å². The quantitative estimate of drug-likeness (QED) is 0.909. The highest BCUT2D eigenvalue weighted by Gasteiger charge is 2.28. The van der Waals surface area contributed by atoms with Gasteiger partial charge < -0.3 is 10.2 Å². The van der Waals surface area contributed by atoms with Crippen molar-refractivity contribution in [3.05, 3.63) is 20.8 Å². The number of carbonyl (C=O) groups is 1. The highest BCUT2D eigenvalue weighted by atomic mass is 79.9. The zero-order valence-corrected chi connectivity index (χ0v) is 13.9. The van der Waals surface area contributed by atoms with E-state index in [1.807, 2.05) is 4.90 Å². The van der Waals surface area contributed by atoms with Crippen LogP contribution in [0.1, 0.15) is 32.3 Å². The van der Waals surface area contributed by atoms with Crippen molar-refractivity contribution in [1.29, 1.82) is 0 Å². The predicted molar refractivity (Wildman–Crippen MR) is 83.3 cm³/mol. The lowest BCUT2D eigenvalue weighted by Gasteiger charge is -2.38. The molecular weight excluding hydrogens is 324 g/mol. The van der Waals surface area contributed by atoms with Crippen LogP contribution in [0.2, 0.25) is 0 Å². The van der Waals surface area contributed by atoms with E-state index in [2.05, 4.69) is 39.6 Å². The number of amides is 1. The van der Waals surface area contributed by atoms with Crippen molar-refractivity contribution in [2.24, 2.45) is 5.92 Å². The van der Waals surface area contributed by atoms with E-state index >= 15 is 0 Å². The monoisotopic (exact) mass is 344 g/mol. The molecule has 2 atom stereocenters. The van der Waals surface area contributed by atoms with Crippen LogP contribution >= 0.6 is 27.3 Å². The molecule has 0 aliphatic carbocycles. The SMILES string of the molecule is CCC1CN(C(C)=O)CCC1NCc1csc(Br)c1. The Kier molecular flexibility index (Phi) is 5.42. The molecule has 1 saturated heterocycles. The summed E-state index contributed by atoms with van der Waals surface area (Å²) in [5, 5.41) is 5.84. The number of hydrogen-bond donors (Lipinski definition) is 1. The second kappa shape index (κ2) is 6.86. The summed E-state index contributed by atoms with van der Waals surface area (Å²) in [6, 6.07) is 2.70. The number of piperidine rings is 1. The summed E-state index contributed by atoms with van der Waals surface area (Å²) >= 11 is 5.22. The largest absolute Gasteiger partial charge is 0.343 e. The van der Waals surface area contributed by atoms with E-state index in [1.165, 1.54) is 9.35 Å². The summed E-state index contributed by atoms with van der Waals surface area (Å²) in [5.74, 6) is 0.776. The molecule has 0 bridgehead atoms. The highest BCUT2D eigenvalue weighted by Crippen LogP contribution is 2.23. The Labute approximate surface area is 127 Å². The Hall–Kier alpha value is -0.390. The predicted octanol–water partition coefficient (Wildman–Crippen LogP) is 3.25. The maximum absolute atomic E-state index is 11.5. The van der Waals surface area contributed by atoms with Gasteiger partial charge in [-0.25, -0.2) is 0 Å². The molecule has 1 N–H and O–H groups in total. The Morgan fingerprint density at radius 2 is 2.42 bits per heavy atom. The summed E-state index contributed by atoms with van der Waals surface area (Å²) in [5.41, 5.74) is 1.33. The van der Waals surface area contributed by atoms with Gasteiger partial charge in [-0.3, -0.25) is 4.79 Å². The number of hydrogen-bond acceptors (Lipinski definition) is 3. The standard InChI is InChI=1S/C14H21BrN2OS/c1-3-12-8-17(10(2)18)5-4-13(12)16-7-11-6-14(15)19-9-11/h6,9,12-13,16H,3-5,7-8H2,1-2H3. The van der Waals surface area contributed by atoms with Gasteiger partial charge in [-0.05, 0) is 45.3 Å². The lowest BCUT2D eigenvalue weighted by atomic mass is 9.89. The Balaban J connectivity index is 1.87. The van der Waals surface area contributed by atoms with Gasteiger partial charge in [-0.15, -0.1) is 11.3 Å². The average Bonchev–Trinajstić information content (AvgIpc) is 2.81. The van der Waals surface area contributed by atoms with Crippen LogP contribution in [0.4, 0.5) is 0 Å². The molecule has 2 unspecified atom stereocenters. The van der Waals surface area contributed by atoms with Crippen molar-refractivity contribution in [2.75, 3.05) is 13.1 Å². The summed E-state index contributed by atoms with van der Waals surface area (Å²) in [6.07, 6.45) is 2.18. The normalized spacial score (nSPS) is 23.6. The van der Waals surface area contributed by atoms with E-state index in [0.29, 0.717) is 12.0 Å². The lowest BCUT2D eigenvalue weighted by Crippen LogP contribution is -2.50. The zero-order chi connectivity index (χ0) is 13.8. The van der Waals surface area contributed by atoms with Gasteiger partial charge in [0.25, 0.3) is 0 Å². The molecule has 1 fully saturated rings. The average molecular weight is 345 g/mol. The summed E-state index contributed by atoms with van der Waals surface area (Å²) in [6.45, 7) is 6.59. The van der Waals surface area contributed by atoms with E-state index in [-0.39, 0.29) is 5.91 Å². The first-order valence-corrected chi connectivity index (χ1v) is 8.49. The fourth-order valence-electron chi connectivity index (χ4n) is 2.69. The van der Waals surface area contributed by atoms with E-state index in [9.17, 15) is 4.79 Å². The molecule has 106 valence electrons. The molecule has 19 heavy (non-hydrogen) atoms. The van der Waals surface area contributed by atoms with Crippen molar-refractivity contribution in [1.82, 2.24) is 10.2 Å². The summed E-state index contributed by atoms with van der Waals surface area (Å²) in [7, 11) is 0. The maximum Gasteiger partial charge on any atom is 0.219 e. The van der Waals surface area contributed by atoms with Crippen molar-refractivity contribution < 1.29 is 4.79 Å². The molecular formula is C14H21BrN2OS. The second-order valence-electron chi connectivity index (χ2n) is 5.17. The van der Waals surface area contributed by atoms with Gasteiger partial charge in [0, 0.05) is 32.6 Å². The van der Waals surface area contributed by atoms with Crippen molar-refractivity contribution in [3.63, 3.8) is 0 Å². The number of likely N-dealkylation sites (tertiary alicyclic amines) is 1. The third-order valence-electron chi connectivity index (χ3n) is 3.89. The van der Waals surface area contributed by atoms with Crippen LogP contribution in [0, 0.1) is 5.92 Å². The van der Waals surface area contributed by atoms with E-state index in [4.69, 9.17) is 0 Å². The minimum atomic E-state index is 0.207. The first kappa shape index (κ1) is 15.0. The smallest absolute Gasteiger partial charge is 0.219 e. The van der Waals surface area contributed by atoms with Crippen molar-refractivity contribution >= 4 is 33.2 Å². The Morgan fingerprint density at radius 3 is 3.00 bits per heavy atom. The summed E-state index contributed by atoms with van der Waals surface area (Å²) < 4.78 is 1.18. The number of carbonyl (C=O) groups excluding carboxylic acids is 1. The van der Waals surface area contributed by atoms with Crippen LogP contribution in [0.3, 0.4) is 0 Å². The number of thiophene rings is 1. The van der Waals surface area contributed by atoms with Crippen molar-refractivity contribution in [3.8, 4) is 0 Å². The number of rotatable bonds is 4. The number of nitrogens with one attached hydrogen (secondary N) is 1. The third-order valence-corrected chi connectivity index (χ3v) is 5.45. The van der Waals surface area contributed by atoms with Gasteiger partial charge in [0.1, 0.15) is 0 Å². The Bertz CT molecular complexity index is 435. The fourth-order valence-corrected chi connectivity index (χ4v) is 3.90. The van der Waals surface area contributed by atoms with Crippen LogP contribution < -0.4 is 5.32 Å². The number of halogens is 1. The molecule has 1 aromatic rings. The van der Waals surface area contributed by atoms with Crippen LogP contribution in [0.25, 0.3) is 0 Å². The van der Waals surface area contributed by atoms with E-state index in [1.54, 1.807) is 18.3 Å². The first-order chi connectivity index (χ1) is 9.10. The van der Waals surface area contributed by atoms with Crippen LogP contribution in [0.15, 0.2) is 15.2 Å². The molecule has 1 aliphatic heterocycles. The van der Waals surface area contributed by atoms with Crippen LogP contribution in [-0.2, 0) is 11.3 Å². The molecule has 1 amide bonds. The number of nitrogens with zero attached hydrogens (tertiary/aromatic N) is 1. The highest BCUT2D eigenvalue weighted by molar-refractivity contribution is 9.11. The summed E-state index contributed by atoms with van der Waals surface area (Å²) in [4.78, 5) is 13.4. The Morgan fingerprint density at radius 1 is 1.63 bits per heavy atom. The van der Waals surface area contributed by atoms with Gasteiger partial charge in [-0.2, -0.15) is 0 Å². The first-order valence-electron chi connectivity index (χ1n) is 6.82. The molecule has 3 nitrogen and oxygen atoms in total. The minimum Gasteiger partial charge on any atom is -0.343 e. The molecule has 0 saturated carbocycles. The molecule has 5 heteroatoms. The molecule has 0 spiro atoms. The molecule has 0 radical (unpaired) electrons. The molecule has 1 aromatic heterocycles. The minimum absolute atomic E-state index is 0.207. The lowest BCUT2D eigenvalue weighted by molar-refractivity contribution is -0.131. The van der Waals surface area contributed by atoms with Crippen LogP contribution in [-0.4, -0.2) is 29.9 Å². The van der Waals surface area contributed by atoms with E-state index in [0.717, 1.165) is 32.5 Å². The van der Waals surface area contributed by atoms with Gasteiger partial charge in [0.05, 0.1) is 3.79 Å². The van der Waals surface area contributed by atoms with Gasteiger partial charge in [0.15, 0.2) is 0 Å². The molecule has 2 rings (SSSR count). The molecule has 0 aromatic carbocycles. The third kappa shape index (κ3) is 4.04. The maximum atomic E-state index is 11.5. The van der Waals surface area contributed by atoms with Gasteiger partial charge in [0.2, 0.25) is 5.91 Å². The van der Waals surface area contributed by atoms with Gasteiger partial charge >= 0.3 is 0 Å². The van der Waals surface area contributed by atoms with E-state index < -0.39 is 0 Å². The fraction of sp³-hybridized carbons (Fsp3) is 0.643. The van der Waals surface area contributed by atoms with Crippen molar-refractivity contribution in [2.45, 2.75) is 39.3 Å².